The number of Topliss-reactive ketones (excluding diaryl/α,β-unsaturated/α-hetero) is 1. The van der Waals surface area contributed by atoms with Crippen molar-refractivity contribution >= 4 is 23.2 Å². The highest BCUT2D eigenvalue weighted by molar-refractivity contribution is 7.12. The van der Waals surface area contributed by atoms with Crippen LogP contribution >= 0.6 is 11.3 Å². The van der Waals surface area contributed by atoms with E-state index in [1.165, 1.54) is 54.2 Å². The zero-order valence-electron chi connectivity index (χ0n) is 16.2. The molecule has 2 aromatic rings. The second-order valence-corrected chi connectivity index (χ2v) is 7.62. The van der Waals surface area contributed by atoms with E-state index in [4.69, 9.17) is 9.47 Å². The number of carbonyl (C=O) groups is 2. The Morgan fingerprint density at radius 2 is 2.10 bits per heavy atom. The molecule has 7 nitrogen and oxygen atoms in total. The molecule has 3 N–H and O–H groups in total. The van der Waals surface area contributed by atoms with Crippen molar-refractivity contribution in [1.82, 2.24) is 10.6 Å². The van der Waals surface area contributed by atoms with Crippen molar-refractivity contribution in [2.45, 2.75) is 17.9 Å². The van der Waals surface area contributed by atoms with Gasteiger partial charge in [-0.3, -0.25) is 4.79 Å². The molecule has 0 radical (unpaired) electrons. The molecule has 31 heavy (non-hydrogen) atoms. The highest BCUT2D eigenvalue weighted by Gasteiger charge is 2.66. The largest absolute Gasteiger partial charge is 0.493 e. The normalized spacial score (nSPS) is 23.5. The average molecular weight is 456 g/mol. The van der Waals surface area contributed by atoms with Crippen LogP contribution in [0.25, 0.3) is 0 Å². The Balaban J connectivity index is 2.12. The van der Waals surface area contributed by atoms with Crippen LogP contribution in [0.15, 0.2) is 48.4 Å². The molecular weight excluding hydrogens is 437 g/mol. The maximum atomic E-state index is 13.9. The summed E-state index contributed by atoms with van der Waals surface area (Å²) in [4.78, 5) is 25.1. The SMILES string of the molecule is C=CCOc1ccc([C@@H]2NC(=O)N[C@@](O)(C(F)(F)F)[C@H]2C(=O)c2cccs2)cc1OC. The smallest absolute Gasteiger partial charge is 0.437 e. The maximum absolute atomic E-state index is 13.9. The van der Waals surface area contributed by atoms with E-state index in [0.29, 0.717) is 5.75 Å². The van der Waals surface area contributed by atoms with E-state index >= 15 is 0 Å². The van der Waals surface area contributed by atoms with Gasteiger partial charge in [-0.15, -0.1) is 11.3 Å². The zero-order chi connectivity index (χ0) is 22.8. The molecule has 1 aliphatic rings. The minimum absolute atomic E-state index is 0.00789. The number of urea groups is 1. The minimum atomic E-state index is -5.32. The van der Waals surface area contributed by atoms with Crippen LogP contribution in [-0.4, -0.2) is 42.5 Å². The van der Waals surface area contributed by atoms with Crippen molar-refractivity contribution in [3.63, 3.8) is 0 Å². The number of nitrogens with one attached hydrogen (secondary N) is 2. The van der Waals surface area contributed by atoms with Crippen LogP contribution in [0, 0.1) is 5.92 Å². The lowest BCUT2D eigenvalue weighted by atomic mass is 9.78. The van der Waals surface area contributed by atoms with E-state index in [1.54, 1.807) is 0 Å². The number of alkyl halides is 3. The predicted octanol–water partition coefficient (Wildman–Crippen LogP) is 3.43. The molecule has 2 amide bonds. The molecule has 3 rings (SSSR count). The van der Waals surface area contributed by atoms with Gasteiger partial charge in [0.1, 0.15) is 12.5 Å². The van der Waals surface area contributed by atoms with Crippen LogP contribution in [0.3, 0.4) is 0 Å². The van der Waals surface area contributed by atoms with Gasteiger partial charge < -0.3 is 25.2 Å². The molecule has 1 aromatic heterocycles. The topological polar surface area (TPSA) is 96.9 Å². The number of carbonyl (C=O) groups excluding carboxylic acids is 2. The quantitative estimate of drug-likeness (QED) is 0.438. The Morgan fingerprint density at radius 3 is 2.68 bits per heavy atom. The fourth-order valence-corrected chi connectivity index (χ4v) is 4.04. The summed E-state index contributed by atoms with van der Waals surface area (Å²) in [6.07, 6.45) is -3.82. The Labute approximate surface area is 179 Å². The van der Waals surface area contributed by atoms with Gasteiger partial charge in [-0.2, -0.15) is 13.2 Å². The van der Waals surface area contributed by atoms with Crippen molar-refractivity contribution in [3.05, 3.63) is 58.8 Å². The number of hydrogen-bond acceptors (Lipinski definition) is 6. The first-order chi connectivity index (χ1) is 14.6. The number of benzene rings is 1. The summed E-state index contributed by atoms with van der Waals surface area (Å²) < 4.78 is 52.3. The Hall–Kier alpha value is -3.05. The highest BCUT2D eigenvalue weighted by atomic mass is 32.1. The summed E-state index contributed by atoms with van der Waals surface area (Å²) in [7, 11) is 1.33. The number of ether oxygens (including phenoxy) is 2. The third-order valence-electron chi connectivity index (χ3n) is 4.76. The van der Waals surface area contributed by atoms with Crippen molar-refractivity contribution < 1.29 is 37.3 Å². The molecule has 0 spiro atoms. The molecule has 1 saturated heterocycles. The predicted molar refractivity (Wildman–Crippen MR) is 106 cm³/mol. The molecule has 166 valence electrons. The molecule has 11 heteroatoms. The number of halogens is 3. The first-order valence-electron chi connectivity index (χ1n) is 8.99. The van der Waals surface area contributed by atoms with Crippen LogP contribution < -0.4 is 20.1 Å². The van der Waals surface area contributed by atoms with E-state index in [1.807, 2.05) is 0 Å². The zero-order valence-corrected chi connectivity index (χ0v) is 17.0. The maximum Gasteiger partial charge on any atom is 0.437 e. The fraction of sp³-hybridized carbons (Fsp3) is 0.300. The summed E-state index contributed by atoms with van der Waals surface area (Å²) in [6.45, 7) is 3.69. The summed E-state index contributed by atoms with van der Waals surface area (Å²) >= 11 is 0.931. The molecule has 2 heterocycles. The lowest BCUT2D eigenvalue weighted by molar-refractivity contribution is -0.287. The molecule has 0 bridgehead atoms. The summed E-state index contributed by atoms with van der Waals surface area (Å²) in [5, 5.41) is 15.9. The molecule has 0 aliphatic carbocycles. The van der Waals surface area contributed by atoms with Crippen LogP contribution in [-0.2, 0) is 0 Å². The Morgan fingerprint density at radius 1 is 1.35 bits per heavy atom. The number of hydrogen-bond donors (Lipinski definition) is 3. The van der Waals surface area contributed by atoms with E-state index in [9.17, 15) is 27.9 Å². The molecule has 1 fully saturated rings. The van der Waals surface area contributed by atoms with Crippen LogP contribution in [0.4, 0.5) is 18.0 Å². The second kappa shape index (κ2) is 8.60. The number of amides is 2. The van der Waals surface area contributed by atoms with E-state index in [0.717, 1.165) is 11.3 Å². The van der Waals surface area contributed by atoms with Gasteiger partial charge in [-0.1, -0.05) is 24.8 Å². The summed E-state index contributed by atoms with van der Waals surface area (Å²) in [5.74, 6) is -2.62. The van der Waals surface area contributed by atoms with Gasteiger partial charge in [0.25, 0.3) is 0 Å². The number of rotatable bonds is 7. The molecule has 3 atom stereocenters. The molecule has 0 unspecified atom stereocenters. The van der Waals surface area contributed by atoms with Crippen LogP contribution in [0.5, 0.6) is 11.5 Å². The van der Waals surface area contributed by atoms with Crippen molar-refractivity contribution in [3.8, 4) is 11.5 Å². The van der Waals surface area contributed by atoms with E-state index in [-0.39, 0.29) is 22.8 Å². The Kier molecular flexibility index (Phi) is 6.27. The van der Waals surface area contributed by atoms with Gasteiger partial charge in [0.05, 0.1) is 18.0 Å². The van der Waals surface area contributed by atoms with Gasteiger partial charge >= 0.3 is 12.2 Å². The average Bonchev–Trinajstić information content (AvgIpc) is 3.25. The van der Waals surface area contributed by atoms with Crippen LogP contribution in [0.2, 0.25) is 0 Å². The number of aliphatic hydroxyl groups is 1. The summed E-state index contributed by atoms with van der Waals surface area (Å²) in [5.41, 5.74) is -3.66. The monoisotopic (exact) mass is 456 g/mol. The van der Waals surface area contributed by atoms with E-state index < -0.39 is 35.7 Å². The molecule has 1 aliphatic heterocycles. The lowest BCUT2D eigenvalue weighted by Gasteiger charge is -2.44. The van der Waals surface area contributed by atoms with Gasteiger partial charge in [-0.25, -0.2) is 4.79 Å². The van der Waals surface area contributed by atoms with Gasteiger partial charge in [0, 0.05) is 0 Å². The van der Waals surface area contributed by atoms with Gasteiger partial charge in [-0.05, 0) is 29.1 Å². The third-order valence-corrected chi connectivity index (χ3v) is 5.64. The minimum Gasteiger partial charge on any atom is -0.493 e. The van der Waals surface area contributed by atoms with Crippen molar-refractivity contribution in [2.24, 2.45) is 5.92 Å². The molecular formula is C20H19F3N2O5S. The molecule has 1 aromatic carbocycles. The van der Waals surface area contributed by atoms with Gasteiger partial charge in [0.2, 0.25) is 5.72 Å². The number of methoxy groups -OCH3 is 1. The first-order valence-corrected chi connectivity index (χ1v) is 9.87. The second-order valence-electron chi connectivity index (χ2n) is 6.67. The van der Waals surface area contributed by atoms with Crippen molar-refractivity contribution in [1.29, 1.82) is 0 Å². The third kappa shape index (κ3) is 4.23. The fourth-order valence-electron chi connectivity index (χ4n) is 3.33. The number of thiophene rings is 1. The highest BCUT2D eigenvalue weighted by Crippen LogP contribution is 2.45. The first kappa shape index (κ1) is 22.6. The lowest BCUT2D eigenvalue weighted by Crippen LogP contribution is -2.72. The summed E-state index contributed by atoms with van der Waals surface area (Å²) in [6, 6.07) is 4.25. The van der Waals surface area contributed by atoms with Crippen LogP contribution in [0.1, 0.15) is 21.3 Å². The standard InChI is InChI=1S/C20H19F3N2O5S/c1-3-8-30-12-7-6-11(10-13(12)29-2)16-15(17(26)14-5-4-9-31-14)19(28,20(21,22)23)25-18(27)24-16/h3-7,9-10,15-16,28H,1,8H2,2H3,(H2,24,25,27)/t15-,16+,19+/m1/s1. The van der Waals surface area contributed by atoms with Crippen molar-refractivity contribution in [2.75, 3.05) is 13.7 Å². The number of ketones is 1. The molecule has 0 saturated carbocycles. The Bertz CT molecular complexity index is 980. The van der Waals surface area contributed by atoms with Gasteiger partial charge in [0.15, 0.2) is 17.3 Å². The van der Waals surface area contributed by atoms with E-state index in [2.05, 4.69) is 11.9 Å².